The number of nitrogens with one attached hydrogen (secondary N) is 2. The van der Waals surface area contributed by atoms with Gasteiger partial charge in [-0.3, -0.25) is 9.69 Å². The Morgan fingerprint density at radius 2 is 1.88 bits per heavy atom. The van der Waals surface area contributed by atoms with Crippen LogP contribution < -0.4 is 10.6 Å². The number of aryl methyl sites for hydroxylation is 1. The minimum atomic E-state index is -4.28. The van der Waals surface area contributed by atoms with Crippen LogP contribution in [0, 0.1) is 18.3 Å². The number of rotatable bonds is 10. The molecule has 1 atom stereocenters. The van der Waals surface area contributed by atoms with Gasteiger partial charge >= 0.3 is 6.18 Å². The number of alkyl halides is 3. The first-order chi connectivity index (χ1) is 23.3. The van der Waals surface area contributed by atoms with Gasteiger partial charge in [-0.2, -0.15) is 18.4 Å². The molecule has 49 heavy (non-hydrogen) atoms. The molecular weight excluding hydrogens is 652 g/mol. The molecule has 254 valence electrons. The first kappa shape index (κ1) is 34.1. The van der Waals surface area contributed by atoms with Crippen LogP contribution in [-0.2, 0) is 29.9 Å². The third-order valence-corrected chi connectivity index (χ3v) is 10.1. The van der Waals surface area contributed by atoms with Gasteiger partial charge in [-0.1, -0.05) is 24.8 Å². The Balaban J connectivity index is 1.12. The number of carbonyl (C=O) groups is 1. The molecule has 4 heterocycles. The van der Waals surface area contributed by atoms with Gasteiger partial charge in [-0.15, -0.1) is 11.3 Å². The SMILES string of the molecule is C=CC(=O)Nc1ccc(C(C)(O)Cn2c(C#N)cc3c(C)c(CN4CCC(Nc5ncnc6sc(CC(F)(F)F)cc56)CC4)ccc32)cc1. The second-order valence-electron chi connectivity index (χ2n) is 12.7. The number of amides is 1. The number of benzene rings is 2. The van der Waals surface area contributed by atoms with Crippen molar-refractivity contribution in [3.05, 3.63) is 94.8 Å². The van der Waals surface area contributed by atoms with Crippen LogP contribution in [0.2, 0.25) is 0 Å². The van der Waals surface area contributed by atoms with E-state index < -0.39 is 18.2 Å². The van der Waals surface area contributed by atoms with Crippen molar-refractivity contribution in [2.24, 2.45) is 0 Å². The van der Waals surface area contributed by atoms with E-state index in [4.69, 9.17) is 0 Å². The topological polar surface area (TPSA) is 119 Å². The Bertz CT molecular complexity index is 2050. The van der Waals surface area contributed by atoms with E-state index in [-0.39, 0.29) is 23.4 Å². The Morgan fingerprint density at radius 1 is 1.14 bits per heavy atom. The average molecular weight is 688 g/mol. The van der Waals surface area contributed by atoms with E-state index in [1.165, 1.54) is 12.4 Å². The molecule has 9 nitrogen and oxygen atoms in total. The minimum absolute atomic E-state index is 0.131. The second kappa shape index (κ2) is 13.6. The smallest absolute Gasteiger partial charge is 0.384 e. The normalized spacial score (nSPS) is 15.6. The fraction of sp³-hybridized carbons (Fsp3) is 0.333. The maximum absolute atomic E-state index is 13.0. The summed E-state index contributed by atoms with van der Waals surface area (Å²) >= 11 is 1.05. The maximum atomic E-state index is 13.0. The first-order valence-electron chi connectivity index (χ1n) is 15.9. The number of halogens is 3. The van der Waals surface area contributed by atoms with E-state index in [0.717, 1.165) is 65.8 Å². The highest BCUT2D eigenvalue weighted by molar-refractivity contribution is 7.18. The van der Waals surface area contributed by atoms with Crippen LogP contribution in [0.3, 0.4) is 0 Å². The number of piperidine rings is 1. The number of aromatic nitrogens is 3. The largest absolute Gasteiger partial charge is 0.393 e. The lowest BCUT2D eigenvalue weighted by Gasteiger charge is -2.33. The molecule has 3 aromatic heterocycles. The molecule has 0 saturated carbocycles. The summed E-state index contributed by atoms with van der Waals surface area (Å²) in [5.41, 5.74) is 3.47. The standard InChI is InChI=1S/C36H36F3N7O2S/c1-4-32(47)43-25-8-6-24(7-9-25)35(3,48)20-46-27(18-40)15-29-22(2)23(5-10-31(29)46)19-45-13-11-26(12-14-45)44-33-30-16-28(17-36(37,38)39)49-34(30)42-21-41-33/h4-10,15-16,21,26,48H,1,11-14,17,19-20H2,2-3H3,(H,43,47)(H,41,42,44). The number of nitriles is 1. The summed E-state index contributed by atoms with van der Waals surface area (Å²) in [5, 5.41) is 29.3. The molecule has 0 bridgehead atoms. The van der Waals surface area contributed by atoms with Crippen LogP contribution in [0.5, 0.6) is 0 Å². The molecule has 1 amide bonds. The van der Waals surface area contributed by atoms with Crippen molar-refractivity contribution >= 4 is 49.9 Å². The number of aliphatic hydroxyl groups is 1. The molecule has 5 aromatic rings. The molecule has 6 rings (SSSR count). The summed E-state index contributed by atoms with van der Waals surface area (Å²) in [6, 6.07) is 16.9. The van der Waals surface area contributed by atoms with Crippen molar-refractivity contribution < 1.29 is 23.1 Å². The van der Waals surface area contributed by atoms with Crippen LogP contribution in [0.4, 0.5) is 24.7 Å². The van der Waals surface area contributed by atoms with Gasteiger partial charge in [-0.05, 0) is 79.8 Å². The summed E-state index contributed by atoms with van der Waals surface area (Å²) < 4.78 is 40.7. The Kier molecular flexibility index (Phi) is 9.48. The predicted molar refractivity (Wildman–Crippen MR) is 185 cm³/mol. The number of likely N-dealkylation sites (tertiary alicyclic amines) is 1. The lowest BCUT2D eigenvalue weighted by atomic mass is 9.95. The van der Waals surface area contributed by atoms with Gasteiger partial charge < -0.3 is 20.3 Å². The van der Waals surface area contributed by atoms with E-state index in [9.17, 15) is 28.3 Å². The van der Waals surface area contributed by atoms with Crippen molar-refractivity contribution in [3.8, 4) is 6.07 Å². The van der Waals surface area contributed by atoms with Gasteiger partial charge in [0.05, 0.1) is 18.4 Å². The molecule has 0 aliphatic carbocycles. The molecule has 1 aliphatic rings. The maximum Gasteiger partial charge on any atom is 0.393 e. The lowest BCUT2D eigenvalue weighted by molar-refractivity contribution is -0.126. The van der Waals surface area contributed by atoms with E-state index in [0.29, 0.717) is 33.0 Å². The number of hydrogen-bond acceptors (Lipinski definition) is 8. The highest BCUT2D eigenvalue weighted by Crippen LogP contribution is 2.34. The third-order valence-electron chi connectivity index (χ3n) is 9.08. The number of hydrogen-bond donors (Lipinski definition) is 3. The van der Waals surface area contributed by atoms with Crippen LogP contribution in [0.15, 0.2) is 67.5 Å². The zero-order valence-corrected chi connectivity index (χ0v) is 28.0. The first-order valence-corrected chi connectivity index (χ1v) is 16.7. The zero-order chi connectivity index (χ0) is 34.9. The summed E-state index contributed by atoms with van der Waals surface area (Å²) in [6.45, 7) is 9.76. The number of thiophene rings is 1. The molecule has 1 unspecified atom stereocenters. The van der Waals surface area contributed by atoms with Crippen LogP contribution in [0.1, 0.15) is 47.0 Å². The molecule has 1 fully saturated rings. The third kappa shape index (κ3) is 7.62. The number of anilines is 2. The fourth-order valence-electron chi connectivity index (χ4n) is 6.44. The van der Waals surface area contributed by atoms with E-state index in [1.54, 1.807) is 37.3 Å². The molecule has 3 N–H and O–H groups in total. The van der Waals surface area contributed by atoms with Crippen molar-refractivity contribution in [2.75, 3.05) is 23.7 Å². The fourth-order valence-corrected chi connectivity index (χ4v) is 7.46. The van der Waals surface area contributed by atoms with Crippen LogP contribution >= 0.6 is 11.3 Å². The van der Waals surface area contributed by atoms with Gasteiger partial charge in [-0.25, -0.2) is 9.97 Å². The quantitative estimate of drug-likeness (QED) is 0.135. The molecule has 0 spiro atoms. The number of fused-ring (bicyclic) bond motifs is 2. The van der Waals surface area contributed by atoms with Crippen molar-refractivity contribution in [3.63, 3.8) is 0 Å². The monoisotopic (exact) mass is 687 g/mol. The summed E-state index contributed by atoms with van der Waals surface area (Å²) in [7, 11) is 0. The Hall–Kier alpha value is -4.77. The summed E-state index contributed by atoms with van der Waals surface area (Å²) in [5.74, 6) is 0.248. The van der Waals surface area contributed by atoms with E-state index in [1.807, 2.05) is 16.7 Å². The van der Waals surface area contributed by atoms with Gasteiger partial charge in [0, 0.05) is 47.1 Å². The predicted octanol–water partition coefficient (Wildman–Crippen LogP) is 7.04. The van der Waals surface area contributed by atoms with Crippen molar-refractivity contribution in [1.82, 2.24) is 19.4 Å². The highest BCUT2D eigenvalue weighted by Gasteiger charge is 2.30. The van der Waals surface area contributed by atoms with E-state index >= 15 is 0 Å². The summed E-state index contributed by atoms with van der Waals surface area (Å²) in [4.78, 5) is 23.3. The molecule has 0 radical (unpaired) electrons. The highest BCUT2D eigenvalue weighted by atomic mass is 32.1. The van der Waals surface area contributed by atoms with Gasteiger partial charge in [0.2, 0.25) is 5.91 Å². The zero-order valence-electron chi connectivity index (χ0n) is 27.1. The second-order valence-corrected chi connectivity index (χ2v) is 13.8. The Morgan fingerprint density at radius 3 is 2.55 bits per heavy atom. The van der Waals surface area contributed by atoms with Crippen molar-refractivity contribution in [1.29, 1.82) is 5.26 Å². The van der Waals surface area contributed by atoms with Gasteiger partial charge in [0.15, 0.2) is 0 Å². The minimum Gasteiger partial charge on any atom is -0.384 e. The van der Waals surface area contributed by atoms with E-state index in [2.05, 4.69) is 51.1 Å². The molecule has 1 aliphatic heterocycles. The van der Waals surface area contributed by atoms with Crippen LogP contribution in [0.25, 0.3) is 21.1 Å². The van der Waals surface area contributed by atoms with Crippen LogP contribution in [-0.4, -0.2) is 55.8 Å². The molecule has 13 heteroatoms. The molecule has 1 saturated heterocycles. The van der Waals surface area contributed by atoms with Gasteiger partial charge in [0.25, 0.3) is 0 Å². The lowest BCUT2D eigenvalue weighted by Crippen LogP contribution is -2.39. The molecular formula is C36H36F3N7O2S. The Labute approximate surface area is 285 Å². The average Bonchev–Trinajstić information content (AvgIpc) is 3.63. The molecule has 2 aromatic carbocycles. The number of nitrogens with zero attached hydrogens (tertiary/aromatic N) is 5. The van der Waals surface area contributed by atoms with Gasteiger partial charge in [0.1, 0.15) is 34.3 Å². The number of carbonyl (C=O) groups excluding carboxylic acids is 1. The van der Waals surface area contributed by atoms with Crippen molar-refractivity contribution in [2.45, 2.75) is 64.0 Å². The summed E-state index contributed by atoms with van der Waals surface area (Å²) in [6.07, 6.45) is -0.982.